The summed E-state index contributed by atoms with van der Waals surface area (Å²) in [5.41, 5.74) is 10.5. The fraction of sp³-hybridized carbons (Fsp3) is 0.438. The van der Waals surface area contributed by atoms with Crippen molar-refractivity contribution in [1.29, 1.82) is 0 Å². The Kier molecular flexibility index (Phi) is 3.38. The zero-order valence-corrected chi connectivity index (χ0v) is 11.4. The summed E-state index contributed by atoms with van der Waals surface area (Å²) in [6, 6.07) is 10.9. The van der Waals surface area contributed by atoms with Crippen LogP contribution in [0.2, 0.25) is 0 Å². The summed E-state index contributed by atoms with van der Waals surface area (Å²) in [4.78, 5) is 0. The van der Waals surface area contributed by atoms with Crippen molar-refractivity contribution in [3.05, 3.63) is 53.3 Å². The molecule has 1 aliphatic rings. The second-order valence-electron chi connectivity index (χ2n) is 5.51. The van der Waals surface area contributed by atoms with Gasteiger partial charge in [0.25, 0.3) is 0 Å². The summed E-state index contributed by atoms with van der Waals surface area (Å²) in [5.74, 6) is 0.592. The first-order valence-electron chi connectivity index (χ1n) is 7.07. The first-order valence-corrected chi connectivity index (χ1v) is 7.07. The minimum Gasteiger partial charge on any atom is -0.323 e. The van der Waals surface area contributed by atoms with E-state index in [4.69, 9.17) is 5.73 Å². The quantitative estimate of drug-likeness (QED) is 0.916. The van der Waals surface area contributed by atoms with Crippen LogP contribution in [-0.4, -0.2) is 9.78 Å². The van der Waals surface area contributed by atoms with Crippen LogP contribution in [0, 0.1) is 0 Å². The van der Waals surface area contributed by atoms with Gasteiger partial charge in [0.1, 0.15) is 0 Å². The number of nitrogens with two attached hydrogens (primary N) is 1. The average molecular weight is 255 g/mol. The van der Waals surface area contributed by atoms with Crippen molar-refractivity contribution in [3.63, 3.8) is 0 Å². The van der Waals surface area contributed by atoms with Crippen LogP contribution >= 0.6 is 0 Å². The monoisotopic (exact) mass is 255 g/mol. The Morgan fingerprint density at radius 1 is 1.37 bits per heavy atom. The third-order valence-corrected chi connectivity index (χ3v) is 4.27. The first-order chi connectivity index (χ1) is 9.25. The molecule has 1 aromatic heterocycles. The maximum atomic E-state index is 6.37. The Morgan fingerprint density at radius 2 is 2.21 bits per heavy atom. The van der Waals surface area contributed by atoms with Crippen LogP contribution in [0.1, 0.15) is 48.0 Å². The van der Waals surface area contributed by atoms with Crippen molar-refractivity contribution in [1.82, 2.24) is 9.78 Å². The fourth-order valence-electron chi connectivity index (χ4n) is 3.27. The molecule has 100 valence electrons. The lowest BCUT2D eigenvalue weighted by atomic mass is 9.79. The number of rotatable bonds is 3. The molecule has 3 rings (SSSR count). The van der Waals surface area contributed by atoms with Crippen LogP contribution in [0.15, 0.2) is 36.5 Å². The van der Waals surface area contributed by atoms with E-state index in [0.717, 1.165) is 12.1 Å². The van der Waals surface area contributed by atoms with Crippen LogP contribution in [0.5, 0.6) is 0 Å². The predicted octanol–water partition coefficient (Wildman–Crippen LogP) is 2.93. The molecule has 2 N–H and O–H groups in total. The summed E-state index contributed by atoms with van der Waals surface area (Å²) in [5, 5.41) is 4.21. The van der Waals surface area contributed by atoms with E-state index in [1.807, 2.05) is 24.0 Å². The number of hydrogen-bond acceptors (Lipinski definition) is 2. The van der Waals surface area contributed by atoms with Crippen molar-refractivity contribution in [2.75, 3.05) is 0 Å². The van der Waals surface area contributed by atoms with Gasteiger partial charge in [0, 0.05) is 19.3 Å². The smallest absolute Gasteiger partial charge is 0.0548 e. The van der Waals surface area contributed by atoms with Crippen LogP contribution in [0.25, 0.3) is 0 Å². The van der Waals surface area contributed by atoms with E-state index in [1.165, 1.54) is 30.4 Å². The Balaban J connectivity index is 1.80. The molecule has 3 heteroatoms. The molecule has 0 fully saturated rings. The van der Waals surface area contributed by atoms with Crippen LogP contribution in [-0.2, 0) is 13.5 Å². The number of hydrogen-bond donors (Lipinski definition) is 1. The number of nitrogens with zero attached hydrogens (tertiary/aromatic N) is 2. The molecule has 1 aromatic carbocycles. The molecule has 0 aliphatic heterocycles. The lowest BCUT2D eigenvalue weighted by Gasteiger charge is -2.27. The zero-order valence-electron chi connectivity index (χ0n) is 11.4. The topological polar surface area (TPSA) is 43.8 Å². The lowest BCUT2D eigenvalue weighted by Crippen LogP contribution is -2.20. The van der Waals surface area contributed by atoms with Gasteiger partial charge in [-0.3, -0.25) is 4.68 Å². The standard InChI is InChI=1S/C16H21N3/c1-19-16(9-10-18-19)15(17)11-13-7-4-6-12-5-2-3-8-14(12)13/h2-3,5,8-10,13,15H,4,6-7,11,17H2,1H3. The van der Waals surface area contributed by atoms with Crippen LogP contribution < -0.4 is 5.73 Å². The molecule has 2 atom stereocenters. The molecule has 0 amide bonds. The van der Waals surface area contributed by atoms with Gasteiger partial charge < -0.3 is 5.73 Å². The van der Waals surface area contributed by atoms with Gasteiger partial charge in [0.2, 0.25) is 0 Å². The highest BCUT2D eigenvalue weighted by atomic mass is 15.3. The van der Waals surface area contributed by atoms with Crippen molar-refractivity contribution in [2.45, 2.75) is 37.6 Å². The molecule has 3 nitrogen and oxygen atoms in total. The van der Waals surface area contributed by atoms with Gasteiger partial charge in [0.05, 0.1) is 5.69 Å². The fourth-order valence-corrected chi connectivity index (χ4v) is 3.27. The van der Waals surface area contributed by atoms with Crippen molar-refractivity contribution in [2.24, 2.45) is 12.8 Å². The summed E-state index contributed by atoms with van der Waals surface area (Å²) >= 11 is 0. The van der Waals surface area contributed by atoms with Crippen LogP contribution in [0.4, 0.5) is 0 Å². The maximum Gasteiger partial charge on any atom is 0.0548 e. The molecule has 0 saturated carbocycles. The number of aryl methyl sites for hydroxylation is 2. The minimum atomic E-state index is 0.0728. The molecule has 1 aliphatic carbocycles. The number of aromatic nitrogens is 2. The second kappa shape index (κ2) is 5.17. The Hall–Kier alpha value is -1.61. The average Bonchev–Trinajstić information content (AvgIpc) is 2.85. The normalized spacial score (nSPS) is 20.0. The molecular formula is C16H21N3. The van der Waals surface area contributed by atoms with Gasteiger partial charge in [0.15, 0.2) is 0 Å². The molecule has 2 unspecified atom stereocenters. The van der Waals surface area contributed by atoms with Gasteiger partial charge >= 0.3 is 0 Å². The SMILES string of the molecule is Cn1nccc1C(N)CC1CCCc2ccccc21. The Morgan fingerprint density at radius 3 is 3.00 bits per heavy atom. The van der Waals surface area contributed by atoms with E-state index in [0.29, 0.717) is 5.92 Å². The van der Waals surface area contributed by atoms with Crippen LogP contribution in [0.3, 0.4) is 0 Å². The van der Waals surface area contributed by atoms with Crippen molar-refractivity contribution in [3.8, 4) is 0 Å². The van der Waals surface area contributed by atoms with E-state index in [1.54, 1.807) is 0 Å². The van der Waals surface area contributed by atoms with Gasteiger partial charge in [-0.15, -0.1) is 0 Å². The Bertz CT molecular complexity index is 559. The largest absolute Gasteiger partial charge is 0.323 e. The summed E-state index contributed by atoms with van der Waals surface area (Å²) in [6.45, 7) is 0. The van der Waals surface area contributed by atoms with Gasteiger partial charge in [-0.1, -0.05) is 24.3 Å². The molecule has 0 spiro atoms. The van der Waals surface area contributed by atoms with E-state index < -0.39 is 0 Å². The molecule has 0 radical (unpaired) electrons. The van der Waals surface area contributed by atoms with Gasteiger partial charge in [-0.2, -0.15) is 5.10 Å². The lowest BCUT2D eigenvalue weighted by molar-refractivity contribution is 0.461. The highest BCUT2D eigenvalue weighted by Gasteiger charge is 2.23. The third-order valence-electron chi connectivity index (χ3n) is 4.27. The van der Waals surface area contributed by atoms with E-state index in [9.17, 15) is 0 Å². The summed E-state index contributed by atoms with van der Waals surface area (Å²) in [7, 11) is 1.96. The van der Waals surface area contributed by atoms with Gasteiger partial charge in [-0.05, 0) is 48.8 Å². The summed E-state index contributed by atoms with van der Waals surface area (Å²) in [6.07, 6.45) is 6.58. The summed E-state index contributed by atoms with van der Waals surface area (Å²) < 4.78 is 1.89. The third kappa shape index (κ3) is 2.43. The molecule has 2 aromatic rings. The molecule has 0 bridgehead atoms. The highest BCUT2D eigenvalue weighted by molar-refractivity contribution is 5.33. The molecule has 0 saturated heterocycles. The molecule has 19 heavy (non-hydrogen) atoms. The second-order valence-corrected chi connectivity index (χ2v) is 5.51. The predicted molar refractivity (Wildman–Crippen MR) is 76.9 cm³/mol. The number of fused-ring (bicyclic) bond motifs is 1. The van der Waals surface area contributed by atoms with Gasteiger partial charge in [-0.25, -0.2) is 0 Å². The van der Waals surface area contributed by atoms with E-state index in [2.05, 4.69) is 29.4 Å². The zero-order chi connectivity index (χ0) is 13.2. The van der Waals surface area contributed by atoms with Crippen molar-refractivity contribution < 1.29 is 0 Å². The van der Waals surface area contributed by atoms with Crippen molar-refractivity contribution >= 4 is 0 Å². The molecular weight excluding hydrogens is 234 g/mol. The Labute approximate surface area is 114 Å². The number of benzene rings is 1. The molecule has 1 heterocycles. The van der Waals surface area contributed by atoms with E-state index >= 15 is 0 Å². The maximum absolute atomic E-state index is 6.37. The van der Waals surface area contributed by atoms with E-state index in [-0.39, 0.29) is 6.04 Å². The minimum absolute atomic E-state index is 0.0728. The highest BCUT2D eigenvalue weighted by Crippen LogP contribution is 2.36. The first kappa shape index (κ1) is 12.4.